The molecule has 0 aliphatic heterocycles. The summed E-state index contributed by atoms with van der Waals surface area (Å²) in [7, 11) is 0. The predicted octanol–water partition coefficient (Wildman–Crippen LogP) is 16.6. The first-order valence-corrected chi connectivity index (χ1v) is 22.3. The molecule has 0 spiro atoms. The predicted molar refractivity (Wildman–Crippen MR) is 270 cm³/mol. The van der Waals surface area contributed by atoms with E-state index >= 15 is 0 Å². The van der Waals surface area contributed by atoms with Gasteiger partial charge < -0.3 is 0 Å². The van der Waals surface area contributed by atoms with E-state index in [4.69, 9.17) is 4.98 Å². The van der Waals surface area contributed by atoms with Gasteiger partial charge in [-0.2, -0.15) is 0 Å². The van der Waals surface area contributed by atoms with Crippen LogP contribution in [0.3, 0.4) is 0 Å². The van der Waals surface area contributed by atoms with Gasteiger partial charge in [-0.3, -0.25) is 4.57 Å². The minimum absolute atomic E-state index is 0.155. The Balaban J connectivity index is 1.12. The highest BCUT2D eigenvalue weighted by molar-refractivity contribution is 6.23. The van der Waals surface area contributed by atoms with Crippen LogP contribution in [0.1, 0.15) is 25.0 Å². The summed E-state index contributed by atoms with van der Waals surface area (Å²) in [6.07, 6.45) is 0. The summed E-state index contributed by atoms with van der Waals surface area (Å²) in [6.45, 7) is 4.78. The molecule has 12 aromatic rings. The molecule has 0 saturated heterocycles. The lowest BCUT2D eigenvalue weighted by atomic mass is 9.79. The quantitative estimate of drug-likeness (QED) is 0.158. The van der Waals surface area contributed by atoms with Gasteiger partial charge in [-0.25, -0.2) is 4.98 Å². The van der Waals surface area contributed by atoms with Gasteiger partial charge >= 0.3 is 0 Å². The topological polar surface area (TPSA) is 17.8 Å². The van der Waals surface area contributed by atoms with Crippen LogP contribution in [-0.4, -0.2) is 9.55 Å². The molecule has 0 saturated carbocycles. The Morgan fingerprint density at radius 3 is 1.70 bits per heavy atom. The smallest absolute Gasteiger partial charge is 0.145 e. The zero-order chi connectivity index (χ0) is 42.5. The van der Waals surface area contributed by atoms with Crippen molar-refractivity contribution in [1.29, 1.82) is 0 Å². The monoisotopic (exact) mass is 814 g/mol. The van der Waals surface area contributed by atoms with Crippen LogP contribution >= 0.6 is 0 Å². The summed E-state index contributed by atoms with van der Waals surface area (Å²) in [5.41, 5.74) is 16.8. The fourth-order valence-corrected chi connectivity index (χ4v) is 10.8. The van der Waals surface area contributed by atoms with Crippen LogP contribution in [0, 0.1) is 0 Å². The Bertz CT molecular complexity index is 3870. The van der Waals surface area contributed by atoms with E-state index in [1.807, 2.05) is 0 Å². The van der Waals surface area contributed by atoms with Crippen molar-refractivity contribution in [3.8, 4) is 61.6 Å². The number of hydrogen-bond acceptors (Lipinski definition) is 1. The van der Waals surface area contributed by atoms with E-state index in [1.54, 1.807) is 0 Å². The largest absolute Gasteiger partial charge is 0.292 e. The Hall–Kier alpha value is -8.07. The maximum absolute atomic E-state index is 5.24. The maximum Gasteiger partial charge on any atom is 0.145 e. The van der Waals surface area contributed by atoms with Crippen molar-refractivity contribution in [2.75, 3.05) is 0 Å². The lowest BCUT2D eigenvalue weighted by molar-refractivity contribution is 0.661. The van der Waals surface area contributed by atoms with Crippen molar-refractivity contribution in [1.82, 2.24) is 9.55 Å². The number of benzene rings is 11. The Labute approximate surface area is 372 Å². The number of imidazole rings is 1. The normalized spacial score (nSPS) is 13.0. The second-order valence-corrected chi connectivity index (χ2v) is 17.9. The van der Waals surface area contributed by atoms with Crippen LogP contribution in [0.15, 0.2) is 218 Å². The second-order valence-electron chi connectivity index (χ2n) is 17.9. The highest BCUT2D eigenvalue weighted by Crippen LogP contribution is 2.54. The van der Waals surface area contributed by atoms with Gasteiger partial charge in [-0.1, -0.05) is 172 Å². The number of aromatic nitrogens is 2. The van der Waals surface area contributed by atoms with E-state index in [2.05, 4.69) is 237 Å². The molecule has 1 aromatic heterocycles. The van der Waals surface area contributed by atoms with Crippen LogP contribution in [0.5, 0.6) is 0 Å². The van der Waals surface area contributed by atoms with E-state index < -0.39 is 0 Å². The van der Waals surface area contributed by atoms with Gasteiger partial charge in [0.2, 0.25) is 0 Å². The number of rotatable bonds is 5. The Morgan fingerprint density at radius 2 is 0.938 bits per heavy atom. The van der Waals surface area contributed by atoms with Crippen LogP contribution in [0.4, 0.5) is 0 Å². The third kappa shape index (κ3) is 5.55. The van der Waals surface area contributed by atoms with Gasteiger partial charge in [0.25, 0.3) is 0 Å². The van der Waals surface area contributed by atoms with Crippen molar-refractivity contribution >= 4 is 54.1 Å². The van der Waals surface area contributed by atoms with Gasteiger partial charge in [-0.05, 0) is 159 Å². The molecule has 0 radical (unpaired) electrons. The van der Waals surface area contributed by atoms with Crippen LogP contribution in [0.2, 0.25) is 0 Å². The summed E-state index contributed by atoms with van der Waals surface area (Å²) in [5, 5.41) is 9.97. The molecule has 300 valence electrons. The summed E-state index contributed by atoms with van der Waals surface area (Å²) in [4.78, 5) is 5.24. The zero-order valence-corrected chi connectivity index (χ0v) is 35.7. The molecule has 0 amide bonds. The van der Waals surface area contributed by atoms with Crippen molar-refractivity contribution in [3.05, 3.63) is 230 Å². The van der Waals surface area contributed by atoms with Gasteiger partial charge in [0.15, 0.2) is 0 Å². The van der Waals surface area contributed by atoms with Crippen molar-refractivity contribution in [2.24, 2.45) is 0 Å². The van der Waals surface area contributed by atoms with E-state index in [0.717, 1.165) is 39.2 Å². The molecule has 1 aliphatic carbocycles. The highest BCUT2D eigenvalue weighted by atomic mass is 15.1. The van der Waals surface area contributed by atoms with E-state index in [1.165, 1.54) is 87.6 Å². The standard InChI is InChI=1S/C62H42N2/c1-62(2)55-24-11-10-23-49(55)51-37-53-54(38-56(51)62)60(46-30-28-40-16-7-9-18-42(40)34-46)52-36-44(31-32-50(52)59(53)45-29-27-39-15-6-8-17-41(39)33-45)43-19-14-20-47(35-43)61-63-57-25-12-13-26-58(57)64(61)48-21-4-3-5-22-48/h3-38H,1-2H3. The number of nitrogens with zero attached hydrogens (tertiary/aromatic N) is 2. The van der Waals surface area contributed by atoms with Gasteiger partial charge in [-0.15, -0.1) is 0 Å². The van der Waals surface area contributed by atoms with E-state index in [9.17, 15) is 0 Å². The molecule has 0 fully saturated rings. The van der Waals surface area contributed by atoms with Crippen molar-refractivity contribution < 1.29 is 0 Å². The third-order valence-corrected chi connectivity index (χ3v) is 13.9. The summed E-state index contributed by atoms with van der Waals surface area (Å²) < 4.78 is 2.28. The molecule has 2 nitrogen and oxygen atoms in total. The zero-order valence-electron chi connectivity index (χ0n) is 35.7. The second kappa shape index (κ2) is 14.0. The number of hydrogen-bond donors (Lipinski definition) is 0. The summed E-state index contributed by atoms with van der Waals surface area (Å²) >= 11 is 0. The fourth-order valence-electron chi connectivity index (χ4n) is 10.8. The van der Waals surface area contributed by atoms with Gasteiger partial charge in [0.05, 0.1) is 11.0 Å². The SMILES string of the molecule is CC1(C)c2ccccc2-c2cc3c(-c4ccc5ccccc5c4)c4ccc(-c5cccc(-c6nc7ccccc7n6-c6ccccc6)c5)cc4c(-c4ccc5ccccc5c4)c3cc21. The maximum atomic E-state index is 5.24. The molecule has 11 aromatic carbocycles. The molecule has 1 heterocycles. The molecular formula is C62H42N2. The van der Waals surface area contributed by atoms with Crippen LogP contribution in [0.25, 0.3) is 116 Å². The first kappa shape index (κ1) is 36.6. The van der Waals surface area contributed by atoms with E-state index in [0.29, 0.717) is 0 Å². The molecule has 2 heteroatoms. The van der Waals surface area contributed by atoms with Crippen molar-refractivity contribution in [2.45, 2.75) is 19.3 Å². The molecule has 0 unspecified atom stereocenters. The highest BCUT2D eigenvalue weighted by Gasteiger charge is 2.36. The first-order chi connectivity index (χ1) is 31.5. The average molecular weight is 815 g/mol. The van der Waals surface area contributed by atoms with Crippen molar-refractivity contribution in [3.63, 3.8) is 0 Å². The molecule has 0 N–H and O–H groups in total. The van der Waals surface area contributed by atoms with Crippen LogP contribution in [-0.2, 0) is 5.41 Å². The minimum Gasteiger partial charge on any atom is -0.292 e. The number of para-hydroxylation sites is 3. The first-order valence-electron chi connectivity index (χ1n) is 22.3. The third-order valence-electron chi connectivity index (χ3n) is 13.9. The lowest BCUT2D eigenvalue weighted by Crippen LogP contribution is -2.14. The molecule has 0 atom stereocenters. The minimum atomic E-state index is -0.155. The molecule has 13 rings (SSSR count). The molecule has 0 bridgehead atoms. The summed E-state index contributed by atoms with van der Waals surface area (Å²) in [5.74, 6) is 0.925. The molecular weight excluding hydrogens is 773 g/mol. The number of fused-ring (bicyclic) bond motifs is 8. The average Bonchev–Trinajstić information content (AvgIpc) is 3.84. The van der Waals surface area contributed by atoms with Gasteiger partial charge in [0.1, 0.15) is 5.82 Å². The molecule has 64 heavy (non-hydrogen) atoms. The Kier molecular flexibility index (Phi) is 7.98. The van der Waals surface area contributed by atoms with Gasteiger partial charge in [0, 0.05) is 16.7 Å². The molecule has 1 aliphatic rings. The summed E-state index contributed by atoms with van der Waals surface area (Å²) in [6, 6.07) is 80.6. The fraction of sp³-hybridized carbons (Fsp3) is 0.0484. The Morgan fingerprint density at radius 1 is 0.359 bits per heavy atom. The lowest BCUT2D eigenvalue weighted by Gasteiger charge is -2.24. The van der Waals surface area contributed by atoms with Crippen LogP contribution < -0.4 is 0 Å². The van der Waals surface area contributed by atoms with E-state index in [-0.39, 0.29) is 5.41 Å².